The highest BCUT2D eigenvalue weighted by Crippen LogP contribution is 2.24. The summed E-state index contributed by atoms with van der Waals surface area (Å²) in [4.78, 5) is 39.1. The Kier molecular flexibility index (Phi) is 6.68. The Hall–Kier alpha value is -3.70. The topological polar surface area (TPSA) is 139 Å². The zero-order chi connectivity index (χ0) is 22.4. The van der Waals surface area contributed by atoms with E-state index in [-0.39, 0.29) is 27.7 Å². The van der Waals surface area contributed by atoms with Crippen LogP contribution >= 0.6 is 11.6 Å². The Morgan fingerprint density at radius 3 is 2.55 bits per heavy atom. The minimum absolute atomic E-state index is 0.0131. The van der Waals surface area contributed by atoms with E-state index in [9.17, 15) is 22.8 Å². The van der Waals surface area contributed by atoms with Crippen LogP contribution in [0.25, 0.3) is 0 Å². The number of hydrogen-bond acceptors (Lipinski definition) is 6. The number of hydrogen-bond donors (Lipinski definition) is 3. The van der Waals surface area contributed by atoms with Crippen molar-refractivity contribution in [1.82, 2.24) is 20.4 Å². The van der Waals surface area contributed by atoms with Crippen molar-refractivity contribution in [3.05, 3.63) is 88.1 Å². The first-order chi connectivity index (χ1) is 14.8. The minimum Gasteiger partial charge on any atom is -0.290 e. The summed E-state index contributed by atoms with van der Waals surface area (Å²) in [5, 5.41) is 0.218. The molecule has 0 aliphatic rings. The average Bonchev–Trinajstić information content (AvgIpc) is 2.75. The van der Waals surface area contributed by atoms with Gasteiger partial charge in [0.25, 0.3) is 21.8 Å². The first-order valence-electron chi connectivity index (χ1n) is 8.74. The largest absolute Gasteiger partial charge is 0.347 e. The average molecular weight is 462 g/mol. The highest BCUT2D eigenvalue weighted by Gasteiger charge is 2.18. The molecule has 0 fully saturated rings. The lowest BCUT2D eigenvalue weighted by Crippen LogP contribution is -2.44. The summed E-state index contributed by atoms with van der Waals surface area (Å²) < 4.78 is 28.6. The molecule has 1 heterocycles. The Balaban J connectivity index is 1.67. The van der Waals surface area contributed by atoms with Crippen molar-refractivity contribution in [3.63, 3.8) is 0 Å². The van der Waals surface area contributed by atoms with Crippen LogP contribution in [0.5, 0.6) is 0 Å². The second kappa shape index (κ2) is 9.41. The van der Waals surface area contributed by atoms with Crippen LogP contribution < -0.4 is 21.3 Å². The number of carbonyl (C=O) groups is 2. The van der Waals surface area contributed by atoms with Crippen molar-refractivity contribution in [3.8, 4) is 0 Å². The van der Waals surface area contributed by atoms with E-state index in [2.05, 4.69) is 20.6 Å². The lowest BCUT2D eigenvalue weighted by molar-refractivity contribution is -0.122. The summed E-state index contributed by atoms with van der Waals surface area (Å²) in [6.45, 7) is -0.358. The van der Waals surface area contributed by atoms with Crippen LogP contribution in [0.1, 0.15) is 10.4 Å². The van der Waals surface area contributed by atoms with Crippen LogP contribution in [-0.4, -0.2) is 29.8 Å². The van der Waals surface area contributed by atoms with Crippen LogP contribution in [0.2, 0.25) is 5.02 Å². The third-order valence-corrected chi connectivity index (χ3v) is 5.63. The van der Waals surface area contributed by atoms with Crippen LogP contribution in [0.15, 0.2) is 76.7 Å². The van der Waals surface area contributed by atoms with Gasteiger partial charge in [-0.05, 0) is 36.4 Å². The predicted molar refractivity (Wildman–Crippen MR) is 113 cm³/mol. The quantitative estimate of drug-likeness (QED) is 0.471. The van der Waals surface area contributed by atoms with E-state index in [1.807, 2.05) is 0 Å². The minimum atomic E-state index is -4.02. The van der Waals surface area contributed by atoms with Gasteiger partial charge in [0.05, 0.1) is 15.6 Å². The molecule has 31 heavy (non-hydrogen) atoms. The summed E-state index contributed by atoms with van der Waals surface area (Å²) in [5.41, 5.74) is 3.88. The van der Waals surface area contributed by atoms with E-state index in [0.29, 0.717) is 0 Å². The van der Waals surface area contributed by atoms with E-state index >= 15 is 0 Å². The number of amides is 2. The van der Waals surface area contributed by atoms with Crippen molar-refractivity contribution in [1.29, 1.82) is 0 Å². The molecule has 1 aromatic heterocycles. The van der Waals surface area contributed by atoms with Gasteiger partial charge in [-0.25, -0.2) is 18.2 Å². The van der Waals surface area contributed by atoms with Gasteiger partial charge >= 0.3 is 5.69 Å². The molecule has 0 aliphatic heterocycles. The van der Waals surface area contributed by atoms with Gasteiger partial charge < -0.3 is 0 Å². The van der Waals surface area contributed by atoms with E-state index < -0.39 is 27.5 Å². The highest BCUT2D eigenvalue weighted by atomic mass is 35.5. The number of nitrogens with zero attached hydrogens (tertiary/aromatic N) is 2. The Bertz CT molecular complexity index is 1290. The molecule has 2 aromatic carbocycles. The predicted octanol–water partition coefficient (Wildman–Crippen LogP) is 1.16. The van der Waals surface area contributed by atoms with Gasteiger partial charge in [-0.2, -0.15) is 0 Å². The summed E-state index contributed by atoms with van der Waals surface area (Å²) in [6.07, 6.45) is 2.66. The van der Waals surface area contributed by atoms with E-state index in [1.54, 1.807) is 12.1 Å². The fourth-order valence-corrected chi connectivity index (χ4v) is 3.82. The second-order valence-corrected chi connectivity index (χ2v) is 8.24. The molecular weight excluding hydrogens is 446 g/mol. The number of rotatable bonds is 6. The monoisotopic (exact) mass is 461 g/mol. The van der Waals surface area contributed by atoms with Crippen LogP contribution in [-0.2, 0) is 21.4 Å². The van der Waals surface area contributed by atoms with Crippen molar-refractivity contribution in [2.75, 3.05) is 4.72 Å². The lowest BCUT2D eigenvalue weighted by atomic mass is 10.2. The van der Waals surface area contributed by atoms with Crippen molar-refractivity contribution in [2.24, 2.45) is 0 Å². The molecule has 0 aliphatic carbocycles. The standard InChI is InChI=1S/C19H16ClN5O5S/c20-15-7-1-2-8-16(15)24-31(29,30)14-6-3-5-13(11-14)18(27)23-22-17(26)12-25-10-4-9-21-19(25)28/h1-11,24H,12H2,(H,22,26)(H,23,27). The zero-order valence-corrected chi connectivity index (χ0v) is 17.4. The maximum atomic E-state index is 12.6. The second-order valence-electron chi connectivity index (χ2n) is 6.15. The molecule has 0 bridgehead atoms. The summed E-state index contributed by atoms with van der Waals surface area (Å²) in [6, 6.07) is 13.0. The first-order valence-corrected chi connectivity index (χ1v) is 10.6. The normalized spacial score (nSPS) is 10.9. The maximum absolute atomic E-state index is 12.6. The molecule has 0 spiro atoms. The molecular formula is C19H16ClN5O5S. The summed E-state index contributed by atoms with van der Waals surface area (Å²) >= 11 is 5.98. The summed E-state index contributed by atoms with van der Waals surface area (Å²) in [5.74, 6) is -1.42. The molecule has 0 radical (unpaired) electrons. The van der Waals surface area contributed by atoms with Crippen molar-refractivity contribution < 1.29 is 18.0 Å². The number of aromatic nitrogens is 2. The van der Waals surface area contributed by atoms with Crippen molar-refractivity contribution >= 4 is 39.1 Å². The van der Waals surface area contributed by atoms with Gasteiger partial charge in [0.1, 0.15) is 6.54 Å². The Morgan fingerprint density at radius 2 is 1.81 bits per heavy atom. The molecule has 12 heteroatoms. The van der Waals surface area contributed by atoms with Gasteiger partial charge in [0, 0.05) is 18.0 Å². The smallest absolute Gasteiger partial charge is 0.290 e. The molecule has 0 atom stereocenters. The molecule has 0 unspecified atom stereocenters. The lowest BCUT2D eigenvalue weighted by Gasteiger charge is -2.11. The molecule has 2 amide bonds. The zero-order valence-electron chi connectivity index (χ0n) is 15.8. The van der Waals surface area contributed by atoms with Gasteiger partial charge in [0.2, 0.25) is 0 Å². The third-order valence-electron chi connectivity index (χ3n) is 3.94. The number of anilines is 1. The molecule has 3 N–H and O–H groups in total. The number of sulfonamides is 1. The molecule has 0 saturated carbocycles. The van der Waals surface area contributed by atoms with Crippen LogP contribution in [0.3, 0.4) is 0 Å². The fraction of sp³-hybridized carbons (Fsp3) is 0.0526. The number of carbonyl (C=O) groups excluding carboxylic acids is 2. The third kappa shape index (κ3) is 5.68. The first kappa shape index (κ1) is 22.0. The molecule has 3 aromatic rings. The number of hydrazine groups is 1. The number of benzene rings is 2. The van der Waals surface area contributed by atoms with Crippen molar-refractivity contribution in [2.45, 2.75) is 11.4 Å². The molecule has 10 nitrogen and oxygen atoms in total. The number of nitrogens with one attached hydrogen (secondary N) is 3. The van der Waals surface area contributed by atoms with Crippen LogP contribution in [0.4, 0.5) is 5.69 Å². The molecule has 3 rings (SSSR count). The van der Waals surface area contributed by atoms with E-state index in [0.717, 1.165) is 10.6 Å². The van der Waals surface area contributed by atoms with Gasteiger partial charge in [-0.1, -0.05) is 29.8 Å². The van der Waals surface area contributed by atoms with Gasteiger partial charge in [0.15, 0.2) is 0 Å². The number of halogens is 1. The highest BCUT2D eigenvalue weighted by molar-refractivity contribution is 7.92. The van der Waals surface area contributed by atoms with Gasteiger partial charge in [-0.3, -0.25) is 29.7 Å². The molecule has 160 valence electrons. The Labute approximate surface area is 181 Å². The van der Waals surface area contributed by atoms with Gasteiger partial charge in [-0.15, -0.1) is 0 Å². The molecule has 0 saturated heterocycles. The van der Waals surface area contributed by atoms with Crippen LogP contribution in [0, 0.1) is 0 Å². The SMILES string of the molecule is O=C(Cn1cccnc1=O)NNC(=O)c1cccc(S(=O)(=O)Nc2ccccc2Cl)c1. The van der Waals surface area contributed by atoms with E-state index in [1.165, 1.54) is 48.8 Å². The fourth-order valence-electron chi connectivity index (χ4n) is 2.45. The Morgan fingerprint density at radius 1 is 1.03 bits per heavy atom. The van der Waals surface area contributed by atoms with E-state index in [4.69, 9.17) is 11.6 Å². The number of para-hydroxylation sites is 1. The summed E-state index contributed by atoms with van der Waals surface area (Å²) in [7, 11) is -4.02. The maximum Gasteiger partial charge on any atom is 0.347 e.